The second-order valence-corrected chi connectivity index (χ2v) is 6.77. The molecule has 1 unspecified atom stereocenters. The second-order valence-electron chi connectivity index (χ2n) is 6.77. The van der Waals surface area contributed by atoms with E-state index in [1.165, 1.54) is 18.1 Å². The molecule has 0 bridgehead atoms. The monoisotopic (exact) mass is 401 g/mol. The number of nitrogens with zero attached hydrogens (tertiary/aromatic N) is 2. The van der Waals surface area contributed by atoms with Crippen LogP contribution in [0.3, 0.4) is 0 Å². The number of hydrogen-bond donors (Lipinski definition) is 1. The SMILES string of the molecule is COc1ccc2c(n1)C1C(=O)N(Cc3ccc(C(F)(F)F)o3)c3cccc(c31)N2. The molecule has 9 heteroatoms. The lowest BCUT2D eigenvalue weighted by atomic mass is 9.91. The summed E-state index contributed by atoms with van der Waals surface area (Å²) in [6, 6.07) is 11.0. The van der Waals surface area contributed by atoms with Crippen LogP contribution >= 0.6 is 0 Å². The highest BCUT2D eigenvalue weighted by Gasteiger charge is 2.45. The molecule has 1 aromatic carbocycles. The number of halogens is 3. The number of furan rings is 1. The van der Waals surface area contributed by atoms with Gasteiger partial charge < -0.3 is 19.4 Å². The van der Waals surface area contributed by atoms with E-state index in [9.17, 15) is 18.0 Å². The maximum absolute atomic E-state index is 13.3. The van der Waals surface area contributed by atoms with Crippen molar-refractivity contribution in [2.75, 3.05) is 17.3 Å². The van der Waals surface area contributed by atoms with Crippen LogP contribution in [0.25, 0.3) is 0 Å². The lowest BCUT2D eigenvalue weighted by Crippen LogP contribution is -2.29. The molecule has 5 rings (SSSR count). The van der Waals surface area contributed by atoms with Gasteiger partial charge in [-0.05, 0) is 30.3 Å². The number of alkyl halides is 3. The largest absolute Gasteiger partial charge is 0.481 e. The van der Waals surface area contributed by atoms with Gasteiger partial charge in [0.2, 0.25) is 17.5 Å². The van der Waals surface area contributed by atoms with Gasteiger partial charge in [-0.15, -0.1) is 0 Å². The molecule has 2 aliphatic heterocycles. The van der Waals surface area contributed by atoms with Crippen molar-refractivity contribution in [3.63, 3.8) is 0 Å². The summed E-state index contributed by atoms with van der Waals surface area (Å²) in [6.07, 6.45) is -4.58. The number of methoxy groups -OCH3 is 1. The Morgan fingerprint density at radius 2 is 2.00 bits per heavy atom. The first-order chi connectivity index (χ1) is 13.9. The molecule has 6 nitrogen and oxygen atoms in total. The summed E-state index contributed by atoms with van der Waals surface area (Å²) in [5.74, 6) is -1.61. The van der Waals surface area contributed by atoms with Crippen molar-refractivity contribution in [1.29, 1.82) is 0 Å². The second kappa shape index (κ2) is 6.00. The average molecular weight is 401 g/mol. The highest BCUT2D eigenvalue weighted by molar-refractivity contribution is 6.10. The molecular weight excluding hydrogens is 387 g/mol. The summed E-state index contributed by atoms with van der Waals surface area (Å²) in [6.45, 7) is -0.110. The van der Waals surface area contributed by atoms with Crippen molar-refractivity contribution in [2.45, 2.75) is 18.6 Å². The lowest BCUT2D eigenvalue weighted by molar-refractivity contribution is -0.153. The summed E-state index contributed by atoms with van der Waals surface area (Å²) in [5, 5.41) is 3.26. The van der Waals surface area contributed by atoms with Gasteiger partial charge in [0.15, 0.2) is 0 Å². The lowest BCUT2D eigenvalue weighted by Gasteiger charge is -2.23. The number of amides is 1. The topological polar surface area (TPSA) is 67.6 Å². The number of hydrogen-bond acceptors (Lipinski definition) is 5. The van der Waals surface area contributed by atoms with Crippen molar-refractivity contribution in [3.05, 3.63) is 65.2 Å². The molecule has 4 heterocycles. The van der Waals surface area contributed by atoms with E-state index in [-0.39, 0.29) is 18.2 Å². The van der Waals surface area contributed by atoms with E-state index in [1.807, 2.05) is 6.07 Å². The Labute approximate surface area is 162 Å². The highest BCUT2D eigenvalue weighted by atomic mass is 19.4. The van der Waals surface area contributed by atoms with Crippen LogP contribution in [0.4, 0.5) is 30.2 Å². The molecule has 1 amide bonds. The Hall–Kier alpha value is -3.49. The predicted octanol–water partition coefficient (Wildman–Crippen LogP) is 4.44. The molecule has 3 aromatic rings. The average Bonchev–Trinajstić information content (AvgIpc) is 3.28. The van der Waals surface area contributed by atoms with Crippen molar-refractivity contribution in [3.8, 4) is 5.88 Å². The van der Waals surface area contributed by atoms with Crippen molar-refractivity contribution >= 4 is 23.0 Å². The first-order valence-corrected chi connectivity index (χ1v) is 8.79. The van der Waals surface area contributed by atoms with Crippen LogP contribution in [0.2, 0.25) is 0 Å². The number of nitrogens with one attached hydrogen (secondary N) is 1. The Bertz CT molecular complexity index is 1140. The summed E-state index contributed by atoms with van der Waals surface area (Å²) in [7, 11) is 1.49. The van der Waals surface area contributed by atoms with E-state index < -0.39 is 17.9 Å². The highest BCUT2D eigenvalue weighted by Crippen LogP contribution is 2.51. The van der Waals surface area contributed by atoms with E-state index in [1.54, 1.807) is 24.3 Å². The molecule has 29 heavy (non-hydrogen) atoms. The predicted molar refractivity (Wildman–Crippen MR) is 97.3 cm³/mol. The first kappa shape index (κ1) is 17.6. The molecule has 0 fully saturated rings. The molecule has 1 atom stereocenters. The zero-order valence-corrected chi connectivity index (χ0v) is 15.1. The minimum Gasteiger partial charge on any atom is -0.481 e. The van der Waals surface area contributed by atoms with Crippen molar-refractivity contribution < 1.29 is 27.1 Å². The molecule has 148 valence electrons. The normalized spacial score (nSPS) is 17.0. The zero-order chi connectivity index (χ0) is 20.3. The Balaban J connectivity index is 1.57. The Kier molecular flexibility index (Phi) is 3.64. The quantitative estimate of drug-likeness (QED) is 0.703. The summed E-state index contributed by atoms with van der Waals surface area (Å²) >= 11 is 0. The third-order valence-electron chi connectivity index (χ3n) is 5.08. The zero-order valence-electron chi connectivity index (χ0n) is 15.1. The number of pyridine rings is 1. The maximum Gasteiger partial charge on any atom is 0.449 e. The maximum atomic E-state index is 13.3. The van der Waals surface area contributed by atoms with Gasteiger partial charge in [-0.1, -0.05) is 6.07 Å². The van der Waals surface area contributed by atoms with Gasteiger partial charge >= 0.3 is 6.18 Å². The number of carbonyl (C=O) groups is 1. The molecule has 2 aliphatic rings. The van der Waals surface area contributed by atoms with Crippen LogP contribution in [0, 0.1) is 0 Å². The van der Waals surface area contributed by atoms with Gasteiger partial charge in [0.25, 0.3) is 0 Å². The van der Waals surface area contributed by atoms with E-state index in [2.05, 4.69) is 10.3 Å². The van der Waals surface area contributed by atoms with Gasteiger partial charge in [0.05, 0.1) is 30.7 Å². The Morgan fingerprint density at radius 1 is 1.17 bits per heavy atom. The van der Waals surface area contributed by atoms with E-state index >= 15 is 0 Å². The fourth-order valence-electron chi connectivity index (χ4n) is 3.83. The van der Waals surface area contributed by atoms with Crippen molar-refractivity contribution in [1.82, 2.24) is 4.98 Å². The third-order valence-corrected chi connectivity index (χ3v) is 5.08. The summed E-state index contributed by atoms with van der Waals surface area (Å²) in [4.78, 5) is 19.2. The molecule has 0 aliphatic carbocycles. The Morgan fingerprint density at radius 3 is 2.72 bits per heavy atom. The number of carbonyl (C=O) groups excluding carboxylic acids is 1. The van der Waals surface area contributed by atoms with Gasteiger partial charge in [-0.25, -0.2) is 4.98 Å². The number of ether oxygens (including phenoxy) is 1. The van der Waals surface area contributed by atoms with Crippen LogP contribution in [0.5, 0.6) is 5.88 Å². The molecular formula is C20H14F3N3O3. The third kappa shape index (κ3) is 2.65. The minimum atomic E-state index is -4.58. The molecule has 1 N–H and O–H groups in total. The summed E-state index contributed by atoms with van der Waals surface area (Å²) in [5.41, 5.74) is 3.33. The van der Waals surface area contributed by atoms with Crippen molar-refractivity contribution in [2.24, 2.45) is 0 Å². The summed E-state index contributed by atoms with van der Waals surface area (Å²) < 4.78 is 48.6. The molecule has 0 radical (unpaired) electrons. The smallest absolute Gasteiger partial charge is 0.449 e. The van der Waals surface area contributed by atoms with E-state index in [0.717, 1.165) is 17.3 Å². The number of anilines is 3. The molecule has 0 spiro atoms. The number of aromatic nitrogens is 1. The van der Waals surface area contributed by atoms with Crippen LogP contribution in [0.1, 0.15) is 28.7 Å². The van der Waals surface area contributed by atoms with Gasteiger partial charge in [0, 0.05) is 17.3 Å². The number of fused-ring (bicyclic) bond motifs is 2. The van der Waals surface area contributed by atoms with Crippen LogP contribution < -0.4 is 15.0 Å². The fraction of sp³-hybridized carbons (Fsp3) is 0.200. The first-order valence-electron chi connectivity index (χ1n) is 8.79. The van der Waals surface area contributed by atoms with Crippen LogP contribution in [-0.2, 0) is 17.5 Å². The van der Waals surface area contributed by atoms with Gasteiger partial charge in [-0.3, -0.25) is 4.79 Å². The number of rotatable bonds is 3. The molecule has 0 saturated heterocycles. The molecule has 2 aromatic heterocycles. The van der Waals surface area contributed by atoms with Gasteiger partial charge in [-0.2, -0.15) is 13.2 Å². The van der Waals surface area contributed by atoms with Crippen LogP contribution in [0.15, 0.2) is 46.9 Å². The minimum absolute atomic E-state index is 0.0497. The van der Waals surface area contributed by atoms with E-state index in [0.29, 0.717) is 22.9 Å². The fourth-order valence-corrected chi connectivity index (χ4v) is 3.83. The van der Waals surface area contributed by atoms with Gasteiger partial charge in [0.1, 0.15) is 11.7 Å². The van der Waals surface area contributed by atoms with Crippen LogP contribution in [-0.4, -0.2) is 18.0 Å². The molecule has 0 saturated carbocycles. The van der Waals surface area contributed by atoms with E-state index in [4.69, 9.17) is 9.15 Å². The number of benzene rings is 1. The standard InChI is InChI=1S/C20H14F3N3O3/c1-28-15-8-6-12-18(25-15)17-16-11(24-12)3-2-4-13(16)26(19(17)27)9-10-5-7-14(29-10)20(21,22)23/h2-8,17,24H,9H2,1H3.